The highest BCUT2D eigenvalue weighted by atomic mass is 32.2. The molecule has 0 saturated heterocycles. The highest BCUT2D eigenvalue weighted by Gasteiger charge is 2.19. The molecule has 1 rings (SSSR count). The summed E-state index contributed by atoms with van der Waals surface area (Å²) in [7, 11) is 1.58. The molecule has 0 unspecified atom stereocenters. The molecule has 0 aliphatic heterocycles. The Labute approximate surface area is 93.8 Å². The molecule has 0 aliphatic rings. The fraction of sp³-hybridized carbons (Fsp3) is 0.556. The number of hydrogen-bond acceptors (Lipinski definition) is 6. The van der Waals surface area contributed by atoms with Gasteiger partial charge in [-0.15, -0.1) is 0 Å². The fourth-order valence-electron chi connectivity index (χ4n) is 1.01. The quantitative estimate of drug-likeness (QED) is 0.355. The molecular formula is C9H16N4OS. The monoisotopic (exact) mass is 228 g/mol. The third-order valence-corrected chi connectivity index (χ3v) is 2.61. The molecule has 0 radical (unpaired) electrons. The first-order valence-corrected chi connectivity index (χ1v) is 5.34. The Bertz CT molecular complexity index is 337. The van der Waals surface area contributed by atoms with Crippen LogP contribution in [0.3, 0.4) is 0 Å². The topological polar surface area (TPSA) is 73.1 Å². The summed E-state index contributed by atoms with van der Waals surface area (Å²) in [5.41, 5.74) is 2.48. The molecule has 6 heteroatoms. The maximum atomic E-state index is 5.33. The number of hydrogen-bond donors (Lipinski definition) is 2. The number of thioether (sulfide) groups is 1. The van der Waals surface area contributed by atoms with Gasteiger partial charge in [0.1, 0.15) is 11.4 Å². The van der Waals surface area contributed by atoms with E-state index in [0.717, 1.165) is 5.03 Å². The third kappa shape index (κ3) is 3.24. The van der Waals surface area contributed by atoms with Crippen molar-refractivity contribution in [1.29, 1.82) is 0 Å². The van der Waals surface area contributed by atoms with E-state index in [-0.39, 0.29) is 4.75 Å². The van der Waals surface area contributed by atoms with Crippen molar-refractivity contribution >= 4 is 17.6 Å². The number of nitrogen functional groups attached to an aromatic ring is 1. The van der Waals surface area contributed by atoms with Crippen molar-refractivity contribution in [3.8, 4) is 5.75 Å². The zero-order chi connectivity index (χ0) is 11.5. The molecule has 1 aromatic heterocycles. The predicted molar refractivity (Wildman–Crippen MR) is 62.0 cm³/mol. The second kappa shape index (κ2) is 4.67. The van der Waals surface area contributed by atoms with Crippen LogP contribution < -0.4 is 16.0 Å². The lowest BCUT2D eigenvalue weighted by molar-refractivity contribution is 0.400. The SMILES string of the molecule is COc1c(NN)ncnc1SC(C)(C)C. The number of ether oxygens (including phenoxy) is 1. The van der Waals surface area contributed by atoms with Gasteiger partial charge in [0, 0.05) is 4.75 Å². The van der Waals surface area contributed by atoms with Crippen LogP contribution in [0.5, 0.6) is 5.75 Å². The first-order valence-electron chi connectivity index (χ1n) is 4.52. The van der Waals surface area contributed by atoms with Crippen LogP contribution in [-0.2, 0) is 0 Å². The zero-order valence-corrected chi connectivity index (χ0v) is 10.2. The van der Waals surface area contributed by atoms with Crippen LogP contribution in [0.2, 0.25) is 0 Å². The van der Waals surface area contributed by atoms with Gasteiger partial charge in [-0.1, -0.05) is 32.5 Å². The molecule has 0 fully saturated rings. The van der Waals surface area contributed by atoms with E-state index < -0.39 is 0 Å². The molecule has 15 heavy (non-hydrogen) atoms. The second-order valence-electron chi connectivity index (χ2n) is 3.92. The van der Waals surface area contributed by atoms with E-state index in [0.29, 0.717) is 11.6 Å². The summed E-state index contributed by atoms with van der Waals surface area (Å²) in [4.78, 5) is 8.15. The molecule has 0 atom stereocenters. The number of nitrogens with two attached hydrogens (primary N) is 1. The molecule has 84 valence electrons. The summed E-state index contributed by atoms with van der Waals surface area (Å²) >= 11 is 1.61. The zero-order valence-electron chi connectivity index (χ0n) is 9.37. The minimum absolute atomic E-state index is 0.0630. The van der Waals surface area contributed by atoms with Crippen LogP contribution in [-0.4, -0.2) is 21.8 Å². The van der Waals surface area contributed by atoms with Gasteiger partial charge >= 0.3 is 0 Å². The van der Waals surface area contributed by atoms with Gasteiger partial charge < -0.3 is 10.2 Å². The Balaban J connectivity index is 3.06. The van der Waals surface area contributed by atoms with Crippen molar-refractivity contribution in [3.63, 3.8) is 0 Å². The summed E-state index contributed by atoms with van der Waals surface area (Å²) in [5.74, 6) is 6.41. The van der Waals surface area contributed by atoms with Crippen LogP contribution in [0.25, 0.3) is 0 Å². The van der Waals surface area contributed by atoms with E-state index in [2.05, 4.69) is 36.2 Å². The Kier molecular flexibility index (Phi) is 3.76. The van der Waals surface area contributed by atoms with Crippen molar-refractivity contribution < 1.29 is 4.74 Å². The van der Waals surface area contributed by atoms with Crippen molar-refractivity contribution in [2.75, 3.05) is 12.5 Å². The minimum atomic E-state index is 0.0630. The van der Waals surface area contributed by atoms with Crippen molar-refractivity contribution in [3.05, 3.63) is 6.33 Å². The van der Waals surface area contributed by atoms with Crippen LogP contribution in [0.1, 0.15) is 20.8 Å². The highest BCUT2D eigenvalue weighted by Crippen LogP contribution is 2.38. The van der Waals surface area contributed by atoms with Crippen molar-refractivity contribution in [2.24, 2.45) is 5.84 Å². The average molecular weight is 228 g/mol. The average Bonchev–Trinajstić information content (AvgIpc) is 2.15. The number of hydrazine groups is 1. The van der Waals surface area contributed by atoms with Crippen LogP contribution >= 0.6 is 11.8 Å². The maximum absolute atomic E-state index is 5.33. The Morgan fingerprint density at radius 1 is 1.40 bits per heavy atom. The van der Waals surface area contributed by atoms with Gasteiger partial charge in [-0.25, -0.2) is 15.8 Å². The molecule has 3 N–H and O–H groups in total. The fourth-order valence-corrected chi connectivity index (χ4v) is 1.96. The lowest BCUT2D eigenvalue weighted by Gasteiger charge is -2.18. The normalized spacial score (nSPS) is 11.3. The van der Waals surface area contributed by atoms with Gasteiger partial charge in [-0.3, -0.25) is 0 Å². The van der Waals surface area contributed by atoms with Crippen molar-refractivity contribution in [2.45, 2.75) is 30.5 Å². The number of rotatable bonds is 3. The number of nitrogens with one attached hydrogen (secondary N) is 1. The van der Waals surface area contributed by atoms with Gasteiger partial charge in [0.05, 0.1) is 7.11 Å². The van der Waals surface area contributed by atoms with Gasteiger partial charge in [0.15, 0.2) is 11.6 Å². The Hall–Kier alpha value is -1.01. The van der Waals surface area contributed by atoms with Gasteiger partial charge in [0.2, 0.25) is 0 Å². The van der Waals surface area contributed by atoms with Crippen LogP contribution in [0.4, 0.5) is 5.82 Å². The largest absolute Gasteiger partial charge is 0.490 e. The van der Waals surface area contributed by atoms with E-state index >= 15 is 0 Å². The molecule has 0 spiro atoms. The first kappa shape index (κ1) is 12.1. The Morgan fingerprint density at radius 2 is 2.07 bits per heavy atom. The summed E-state index contributed by atoms with van der Waals surface area (Å²) in [6, 6.07) is 0. The first-order chi connectivity index (χ1) is 6.98. The number of methoxy groups -OCH3 is 1. The molecule has 0 aromatic carbocycles. The van der Waals surface area contributed by atoms with E-state index in [1.165, 1.54) is 6.33 Å². The van der Waals surface area contributed by atoms with Crippen LogP contribution in [0, 0.1) is 0 Å². The maximum Gasteiger partial charge on any atom is 0.195 e. The lowest BCUT2D eigenvalue weighted by Crippen LogP contribution is -2.13. The summed E-state index contributed by atoms with van der Waals surface area (Å²) in [6.45, 7) is 6.32. The number of anilines is 1. The molecule has 0 aliphatic carbocycles. The molecular weight excluding hydrogens is 212 g/mol. The lowest BCUT2D eigenvalue weighted by atomic mass is 10.3. The Morgan fingerprint density at radius 3 is 2.53 bits per heavy atom. The molecule has 0 amide bonds. The molecule has 1 aromatic rings. The second-order valence-corrected chi connectivity index (χ2v) is 5.74. The van der Waals surface area contributed by atoms with Gasteiger partial charge in [-0.05, 0) is 0 Å². The van der Waals surface area contributed by atoms with Gasteiger partial charge in [-0.2, -0.15) is 0 Å². The summed E-state index contributed by atoms with van der Waals surface area (Å²) < 4.78 is 5.29. The van der Waals surface area contributed by atoms with Gasteiger partial charge in [0.25, 0.3) is 0 Å². The van der Waals surface area contributed by atoms with E-state index in [9.17, 15) is 0 Å². The summed E-state index contributed by atoms with van der Waals surface area (Å²) in [5, 5.41) is 0.785. The standard InChI is InChI=1S/C9H16N4OS/c1-9(2,3)15-8-6(14-4)7(13-10)11-5-12-8/h5H,10H2,1-4H3,(H,11,12,13). The highest BCUT2D eigenvalue weighted by molar-refractivity contribution is 8.00. The van der Waals surface area contributed by atoms with E-state index in [4.69, 9.17) is 10.6 Å². The van der Waals surface area contributed by atoms with E-state index in [1.54, 1.807) is 18.9 Å². The molecule has 5 nitrogen and oxygen atoms in total. The van der Waals surface area contributed by atoms with Crippen molar-refractivity contribution in [1.82, 2.24) is 9.97 Å². The minimum Gasteiger partial charge on any atom is -0.490 e. The number of nitrogens with zero attached hydrogens (tertiary/aromatic N) is 2. The summed E-state index contributed by atoms with van der Waals surface area (Å²) in [6.07, 6.45) is 1.46. The van der Waals surface area contributed by atoms with Crippen LogP contribution in [0.15, 0.2) is 11.4 Å². The molecule has 1 heterocycles. The molecule has 0 bridgehead atoms. The van der Waals surface area contributed by atoms with E-state index in [1.807, 2.05) is 0 Å². The third-order valence-electron chi connectivity index (χ3n) is 1.51. The molecule has 0 saturated carbocycles. The predicted octanol–water partition coefficient (Wildman–Crippen LogP) is 1.66. The number of aromatic nitrogens is 2. The smallest absolute Gasteiger partial charge is 0.195 e.